The smallest absolute Gasteiger partial charge is 0.309 e. The maximum Gasteiger partial charge on any atom is 1.00 e. The van der Waals surface area contributed by atoms with Crippen LogP contribution in [0.15, 0.2) is 17.4 Å². The van der Waals surface area contributed by atoms with Gasteiger partial charge < -0.3 is 4.98 Å². The summed E-state index contributed by atoms with van der Waals surface area (Å²) in [6.45, 7) is 0. The zero-order chi connectivity index (χ0) is 7.84. The number of nitrogens with zero attached hydrogens (tertiary/aromatic N) is 2. The predicted octanol–water partition coefficient (Wildman–Crippen LogP) is -3.92. The third kappa shape index (κ3) is 1.31. The normalized spacial score (nSPS) is 9.75. The molecule has 56 valence electrons. The van der Waals surface area contributed by atoms with Crippen molar-refractivity contribution in [2.45, 2.75) is 0 Å². The quantitative estimate of drug-likeness (QED) is 0.316. The van der Waals surface area contributed by atoms with E-state index >= 15 is 0 Å². The van der Waals surface area contributed by atoms with E-state index in [9.17, 15) is 4.79 Å². The van der Waals surface area contributed by atoms with E-state index < -0.39 is 0 Å². The van der Waals surface area contributed by atoms with Gasteiger partial charge in [-0.2, -0.15) is 4.98 Å². The molecule has 2 aromatic rings. The molecule has 0 unspecified atom stereocenters. The minimum atomic E-state index is -0.126. The molecule has 0 aromatic carbocycles. The molecule has 0 fully saturated rings. The SMILES string of the molecule is C[n+]1c[nH]c2nc[nH]c(=O)c21.[Na+]. The molecule has 5 nitrogen and oxygen atoms in total. The Kier molecular flexibility index (Phi) is 2.66. The maximum absolute atomic E-state index is 11.1. The molecule has 12 heavy (non-hydrogen) atoms. The van der Waals surface area contributed by atoms with E-state index in [0.29, 0.717) is 11.2 Å². The molecule has 0 saturated heterocycles. The number of imidazole rings is 1. The van der Waals surface area contributed by atoms with E-state index in [2.05, 4.69) is 15.0 Å². The molecule has 0 aliphatic heterocycles. The van der Waals surface area contributed by atoms with Crippen LogP contribution in [0.4, 0.5) is 0 Å². The summed E-state index contributed by atoms with van der Waals surface area (Å²) < 4.78 is 1.70. The van der Waals surface area contributed by atoms with Crippen molar-refractivity contribution in [2.75, 3.05) is 0 Å². The molecule has 0 spiro atoms. The number of aromatic amines is 2. The van der Waals surface area contributed by atoms with Crippen molar-refractivity contribution < 1.29 is 34.1 Å². The Morgan fingerprint density at radius 2 is 2.25 bits per heavy atom. The summed E-state index contributed by atoms with van der Waals surface area (Å²) in [4.78, 5) is 20.4. The molecule has 6 heteroatoms. The molecule has 2 aromatic heterocycles. The number of H-pyrrole nitrogens is 2. The Morgan fingerprint density at radius 3 is 2.92 bits per heavy atom. The van der Waals surface area contributed by atoms with Gasteiger partial charge in [-0.15, -0.1) is 0 Å². The number of hydrogen-bond acceptors (Lipinski definition) is 2. The maximum atomic E-state index is 11.1. The summed E-state index contributed by atoms with van der Waals surface area (Å²) in [6.07, 6.45) is 3.06. The first-order valence-corrected chi connectivity index (χ1v) is 3.19. The largest absolute Gasteiger partial charge is 1.00 e. The van der Waals surface area contributed by atoms with Gasteiger partial charge in [0.2, 0.25) is 6.33 Å². The molecule has 0 saturated carbocycles. The second kappa shape index (κ2) is 3.38. The van der Waals surface area contributed by atoms with Gasteiger partial charge in [-0.05, 0) is 0 Å². The summed E-state index contributed by atoms with van der Waals surface area (Å²) in [7, 11) is 1.79. The number of fused-ring (bicyclic) bond motifs is 1. The second-order valence-electron chi connectivity index (χ2n) is 2.31. The summed E-state index contributed by atoms with van der Waals surface area (Å²) in [6, 6.07) is 0. The van der Waals surface area contributed by atoms with Gasteiger partial charge in [0.1, 0.15) is 0 Å². The van der Waals surface area contributed by atoms with Crippen molar-refractivity contribution in [2.24, 2.45) is 7.05 Å². The first-order valence-electron chi connectivity index (χ1n) is 3.19. The Labute approximate surface area is 90.1 Å². The van der Waals surface area contributed by atoms with E-state index in [0.717, 1.165) is 0 Å². The number of nitrogens with one attached hydrogen (secondary N) is 2. The zero-order valence-corrected chi connectivity index (χ0v) is 8.96. The molecule has 2 N–H and O–H groups in total. The number of rotatable bonds is 0. The van der Waals surface area contributed by atoms with Crippen LogP contribution in [0.5, 0.6) is 0 Å². The van der Waals surface area contributed by atoms with Gasteiger partial charge in [-0.1, -0.05) is 0 Å². The molecule has 0 radical (unpaired) electrons. The topological polar surface area (TPSA) is 65.4 Å². The number of hydrogen-bond donors (Lipinski definition) is 2. The van der Waals surface area contributed by atoms with Crippen LogP contribution >= 0.6 is 0 Å². The van der Waals surface area contributed by atoms with Crippen molar-refractivity contribution in [1.29, 1.82) is 0 Å². The fourth-order valence-corrected chi connectivity index (χ4v) is 1.05. The summed E-state index contributed by atoms with van der Waals surface area (Å²) >= 11 is 0. The van der Waals surface area contributed by atoms with Crippen molar-refractivity contribution in [3.63, 3.8) is 0 Å². The van der Waals surface area contributed by atoms with Crippen molar-refractivity contribution in [1.82, 2.24) is 15.0 Å². The molecule has 0 aliphatic carbocycles. The van der Waals surface area contributed by atoms with Gasteiger partial charge in [0, 0.05) is 0 Å². The molecule has 0 bridgehead atoms. The molecular weight excluding hydrogens is 167 g/mol. The monoisotopic (exact) mass is 174 g/mol. The summed E-state index contributed by atoms with van der Waals surface area (Å²) in [5.41, 5.74) is 1.04. The van der Waals surface area contributed by atoms with E-state index in [1.807, 2.05) is 0 Å². The zero-order valence-electron chi connectivity index (χ0n) is 6.96. The minimum Gasteiger partial charge on any atom is -0.309 e. The third-order valence-corrected chi connectivity index (χ3v) is 1.58. The molecule has 0 aliphatic rings. The standard InChI is InChI=1S/C6H6N4O.Na/c1-10-3-9-5-4(10)6(11)8-2-7-5;/h2-3H,1H3,(H,7,8,11);/q;+1/p+1. The van der Waals surface area contributed by atoms with Gasteiger partial charge in [-0.3, -0.25) is 4.79 Å². The number of aryl methyl sites for hydroxylation is 1. The fourth-order valence-electron chi connectivity index (χ4n) is 1.05. The van der Waals surface area contributed by atoms with Gasteiger partial charge in [0.05, 0.1) is 13.4 Å². The van der Waals surface area contributed by atoms with Gasteiger partial charge in [0.25, 0.3) is 11.2 Å². The van der Waals surface area contributed by atoms with Crippen LogP contribution in [-0.2, 0) is 7.05 Å². The van der Waals surface area contributed by atoms with Crippen molar-refractivity contribution >= 4 is 11.2 Å². The third-order valence-electron chi connectivity index (χ3n) is 1.58. The van der Waals surface area contributed by atoms with E-state index in [-0.39, 0.29) is 35.1 Å². The van der Waals surface area contributed by atoms with Gasteiger partial charge in [-0.25, -0.2) is 9.55 Å². The first-order chi connectivity index (χ1) is 5.29. The Morgan fingerprint density at radius 1 is 1.50 bits per heavy atom. The van der Waals surface area contributed by atoms with Crippen LogP contribution in [0.2, 0.25) is 0 Å². The van der Waals surface area contributed by atoms with Crippen LogP contribution in [-0.4, -0.2) is 15.0 Å². The van der Waals surface area contributed by atoms with Crippen molar-refractivity contribution in [3.05, 3.63) is 23.0 Å². The van der Waals surface area contributed by atoms with Crippen LogP contribution in [0.25, 0.3) is 11.2 Å². The number of aromatic nitrogens is 4. The molecular formula is C6H7N4NaO+2. The molecule has 0 atom stereocenters. The first kappa shape index (κ1) is 9.44. The van der Waals surface area contributed by atoms with E-state index in [4.69, 9.17) is 0 Å². The Balaban J connectivity index is 0.000000720. The summed E-state index contributed by atoms with van der Waals surface area (Å²) in [5.74, 6) is 0. The molecule has 2 rings (SSSR count). The van der Waals surface area contributed by atoms with Gasteiger partial charge in [0.15, 0.2) is 0 Å². The van der Waals surface area contributed by atoms with Crippen molar-refractivity contribution in [3.8, 4) is 0 Å². The van der Waals surface area contributed by atoms with Crippen LogP contribution in [0.1, 0.15) is 0 Å². The fraction of sp³-hybridized carbons (Fsp3) is 0.167. The molecule has 0 amide bonds. The van der Waals surface area contributed by atoms with Crippen LogP contribution in [0.3, 0.4) is 0 Å². The van der Waals surface area contributed by atoms with E-state index in [1.165, 1.54) is 6.33 Å². The Bertz CT molecular complexity index is 446. The average Bonchev–Trinajstić information content (AvgIpc) is 2.34. The second-order valence-corrected chi connectivity index (χ2v) is 2.31. The van der Waals surface area contributed by atoms with Crippen LogP contribution < -0.4 is 39.7 Å². The average molecular weight is 174 g/mol. The summed E-state index contributed by atoms with van der Waals surface area (Å²) in [5, 5.41) is 0. The van der Waals surface area contributed by atoms with Gasteiger partial charge >= 0.3 is 35.1 Å². The van der Waals surface area contributed by atoms with E-state index in [1.54, 1.807) is 17.9 Å². The minimum absolute atomic E-state index is 0. The van der Waals surface area contributed by atoms with Crippen LogP contribution in [0, 0.1) is 0 Å². The Hall–Kier alpha value is -0.650. The predicted molar refractivity (Wildman–Crippen MR) is 37.9 cm³/mol. The molecule has 2 heterocycles.